The van der Waals surface area contributed by atoms with E-state index in [0.29, 0.717) is 24.2 Å². The molecule has 1 aliphatic rings. The van der Waals surface area contributed by atoms with E-state index in [4.69, 9.17) is 0 Å². The maximum atomic E-state index is 12.6. The van der Waals surface area contributed by atoms with Crippen LogP contribution in [-0.2, 0) is 22.2 Å². The van der Waals surface area contributed by atoms with Crippen LogP contribution < -0.4 is 10.2 Å². The number of anilines is 2. The fourth-order valence-corrected chi connectivity index (χ4v) is 2.87. The normalized spacial score (nSPS) is 14.6. The lowest BCUT2D eigenvalue weighted by molar-refractivity contribution is -0.137. The van der Waals surface area contributed by atoms with Gasteiger partial charge in [0.15, 0.2) is 0 Å². The van der Waals surface area contributed by atoms with E-state index in [1.54, 1.807) is 29.2 Å². The zero-order valence-corrected chi connectivity index (χ0v) is 13.8. The molecule has 0 atom stereocenters. The fraction of sp³-hybridized carbons (Fsp3) is 0.263. The van der Waals surface area contributed by atoms with E-state index < -0.39 is 11.7 Å². The van der Waals surface area contributed by atoms with Gasteiger partial charge in [-0.3, -0.25) is 9.59 Å². The first kappa shape index (κ1) is 18.0. The van der Waals surface area contributed by atoms with Crippen molar-refractivity contribution >= 4 is 23.2 Å². The number of nitrogens with one attached hydrogen (secondary N) is 1. The smallest absolute Gasteiger partial charge is 0.326 e. The quantitative estimate of drug-likeness (QED) is 0.893. The van der Waals surface area contributed by atoms with Crippen molar-refractivity contribution in [1.29, 1.82) is 0 Å². The second-order valence-corrected chi connectivity index (χ2v) is 6.12. The Balaban J connectivity index is 1.64. The van der Waals surface area contributed by atoms with E-state index in [1.807, 2.05) is 0 Å². The van der Waals surface area contributed by atoms with E-state index in [9.17, 15) is 22.8 Å². The Labute approximate surface area is 148 Å². The van der Waals surface area contributed by atoms with Crippen LogP contribution in [0.3, 0.4) is 0 Å². The SMILES string of the molecule is O=C(Cc1ccc(C(F)(F)F)cc1)Nc1cccc(N2CCCC2=O)c1. The average Bonchev–Trinajstić information content (AvgIpc) is 3.01. The summed E-state index contributed by atoms with van der Waals surface area (Å²) in [6, 6.07) is 11.5. The molecule has 1 aliphatic heterocycles. The highest BCUT2D eigenvalue weighted by Gasteiger charge is 2.30. The maximum absolute atomic E-state index is 12.6. The van der Waals surface area contributed by atoms with Gasteiger partial charge >= 0.3 is 6.18 Å². The van der Waals surface area contributed by atoms with E-state index in [2.05, 4.69) is 5.32 Å². The molecule has 4 nitrogen and oxygen atoms in total. The lowest BCUT2D eigenvalue weighted by Gasteiger charge is -2.16. The number of alkyl halides is 3. The van der Waals surface area contributed by atoms with Crippen LogP contribution in [0.2, 0.25) is 0 Å². The Hall–Kier alpha value is -2.83. The molecule has 0 radical (unpaired) electrons. The van der Waals surface area contributed by atoms with Crippen molar-refractivity contribution in [2.24, 2.45) is 0 Å². The summed E-state index contributed by atoms with van der Waals surface area (Å²) in [7, 11) is 0. The van der Waals surface area contributed by atoms with Crippen LogP contribution in [0.15, 0.2) is 48.5 Å². The largest absolute Gasteiger partial charge is 0.416 e. The predicted molar refractivity (Wildman–Crippen MR) is 91.8 cm³/mol. The number of amides is 2. The van der Waals surface area contributed by atoms with Gasteiger partial charge < -0.3 is 10.2 Å². The summed E-state index contributed by atoms with van der Waals surface area (Å²) in [5.74, 6) is -0.284. The fourth-order valence-electron chi connectivity index (χ4n) is 2.87. The molecule has 1 N–H and O–H groups in total. The molecular weight excluding hydrogens is 345 g/mol. The summed E-state index contributed by atoms with van der Waals surface area (Å²) in [5.41, 5.74) is 1.00. The number of hydrogen-bond acceptors (Lipinski definition) is 2. The van der Waals surface area contributed by atoms with Crippen LogP contribution in [-0.4, -0.2) is 18.4 Å². The Morgan fingerprint density at radius 2 is 1.85 bits per heavy atom. The highest BCUT2D eigenvalue weighted by atomic mass is 19.4. The van der Waals surface area contributed by atoms with Gasteiger partial charge in [0.05, 0.1) is 12.0 Å². The minimum atomic E-state index is -4.39. The molecule has 1 saturated heterocycles. The van der Waals surface area contributed by atoms with Crippen LogP contribution in [0, 0.1) is 0 Å². The summed E-state index contributed by atoms with van der Waals surface area (Å²) >= 11 is 0. The molecule has 0 saturated carbocycles. The molecule has 0 aromatic heterocycles. The molecule has 0 bridgehead atoms. The molecule has 136 valence electrons. The molecule has 2 aromatic carbocycles. The van der Waals surface area contributed by atoms with E-state index >= 15 is 0 Å². The Kier molecular flexibility index (Phi) is 4.97. The van der Waals surface area contributed by atoms with Gasteiger partial charge in [-0.15, -0.1) is 0 Å². The van der Waals surface area contributed by atoms with Crippen molar-refractivity contribution in [3.8, 4) is 0 Å². The van der Waals surface area contributed by atoms with Gasteiger partial charge in [-0.1, -0.05) is 18.2 Å². The highest BCUT2D eigenvalue weighted by Crippen LogP contribution is 2.29. The van der Waals surface area contributed by atoms with Crippen molar-refractivity contribution < 1.29 is 22.8 Å². The first-order valence-corrected chi connectivity index (χ1v) is 8.19. The third-order valence-corrected chi connectivity index (χ3v) is 4.16. The van der Waals surface area contributed by atoms with Crippen molar-refractivity contribution in [3.63, 3.8) is 0 Å². The molecule has 0 aliphatic carbocycles. The third kappa shape index (κ3) is 4.22. The first-order chi connectivity index (χ1) is 12.3. The van der Waals surface area contributed by atoms with Crippen LogP contribution in [0.5, 0.6) is 0 Å². The summed E-state index contributed by atoms with van der Waals surface area (Å²) < 4.78 is 37.7. The van der Waals surface area contributed by atoms with Gasteiger partial charge in [-0.25, -0.2) is 0 Å². The summed E-state index contributed by atoms with van der Waals surface area (Å²) in [4.78, 5) is 25.6. The van der Waals surface area contributed by atoms with Crippen molar-refractivity contribution in [1.82, 2.24) is 0 Å². The highest BCUT2D eigenvalue weighted by molar-refractivity contribution is 5.97. The van der Waals surface area contributed by atoms with Gasteiger partial charge in [0.25, 0.3) is 0 Å². The average molecular weight is 362 g/mol. The van der Waals surface area contributed by atoms with E-state index in [-0.39, 0.29) is 18.2 Å². The van der Waals surface area contributed by atoms with E-state index in [0.717, 1.165) is 24.2 Å². The number of carbonyl (C=O) groups excluding carboxylic acids is 2. The standard InChI is InChI=1S/C19H17F3N2O2/c20-19(21,22)14-8-6-13(7-9-14)11-17(25)23-15-3-1-4-16(12-15)24-10-2-5-18(24)26/h1,3-4,6-9,12H,2,5,10-11H2,(H,23,25). The minimum absolute atomic E-state index is 0.0367. The van der Waals surface area contributed by atoms with Crippen LogP contribution >= 0.6 is 0 Å². The Morgan fingerprint density at radius 3 is 2.46 bits per heavy atom. The lowest BCUT2D eigenvalue weighted by Crippen LogP contribution is -2.23. The number of halogens is 3. The topological polar surface area (TPSA) is 49.4 Å². The molecule has 2 aromatic rings. The second-order valence-electron chi connectivity index (χ2n) is 6.12. The molecule has 1 heterocycles. The van der Waals surface area contributed by atoms with Gasteiger partial charge in [0.2, 0.25) is 11.8 Å². The lowest BCUT2D eigenvalue weighted by atomic mass is 10.1. The van der Waals surface area contributed by atoms with Crippen molar-refractivity contribution in [2.45, 2.75) is 25.4 Å². The Bertz CT molecular complexity index is 816. The predicted octanol–water partition coefficient (Wildman–Crippen LogP) is 4.01. The van der Waals surface area contributed by atoms with Gasteiger partial charge in [-0.05, 0) is 42.3 Å². The van der Waals surface area contributed by atoms with Gasteiger partial charge in [0, 0.05) is 24.3 Å². The van der Waals surface area contributed by atoms with Crippen LogP contribution in [0.1, 0.15) is 24.0 Å². The van der Waals surface area contributed by atoms with Gasteiger partial charge in [-0.2, -0.15) is 13.2 Å². The minimum Gasteiger partial charge on any atom is -0.326 e. The number of rotatable bonds is 4. The summed E-state index contributed by atoms with van der Waals surface area (Å²) in [5, 5.41) is 2.71. The first-order valence-electron chi connectivity index (χ1n) is 8.19. The van der Waals surface area contributed by atoms with Crippen LogP contribution in [0.25, 0.3) is 0 Å². The second kappa shape index (κ2) is 7.19. The maximum Gasteiger partial charge on any atom is 0.416 e. The van der Waals surface area contributed by atoms with Crippen molar-refractivity contribution in [2.75, 3.05) is 16.8 Å². The van der Waals surface area contributed by atoms with Crippen LogP contribution in [0.4, 0.5) is 24.5 Å². The number of hydrogen-bond donors (Lipinski definition) is 1. The molecule has 3 rings (SSSR count). The molecule has 26 heavy (non-hydrogen) atoms. The zero-order chi connectivity index (χ0) is 18.7. The van der Waals surface area contributed by atoms with Gasteiger partial charge in [0.1, 0.15) is 0 Å². The number of carbonyl (C=O) groups is 2. The third-order valence-electron chi connectivity index (χ3n) is 4.16. The zero-order valence-electron chi connectivity index (χ0n) is 13.8. The molecule has 1 fully saturated rings. The molecule has 7 heteroatoms. The molecule has 0 unspecified atom stereocenters. The molecular formula is C19H17F3N2O2. The molecule has 2 amide bonds. The Morgan fingerprint density at radius 1 is 1.12 bits per heavy atom. The summed E-state index contributed by atoms with van der Waals surface area (Å²) in [6.07, 6.45) is -3.10. The number of nitrogens with zero attached hydrogens (tertiary/aromatic N) is 1. The monoisotopic (exact) mass is 362 g/mol. The molecule has 0 spiro atoms. The van der Waals surface area contributed by atoms with E-state index in [1.165, 1.54) is 12.1 Å². The van der Waals surface area contributed by atoms with Crippen molar-refractivity contribution in [3.05, 3.63) is 59.7 Å². The number of benzene rings is 2. The summed E-state index contributed by atoms with van der Waals surface area (Å²) in [6.45, 7) is 0.655.